The molecule has 0 bridgehead atoms. The summed E-state index contributed by atoms with van der Waals surface area (Å²) in [4.78, 5) is 15.4. The van der Waals surface area contributed by atoms with E-state index in [4.69, 9.17) is 21.7 Å². The molecule has 178 valence electrons. The van der Waals surface area contributed by atoms with Gasteiger partial charge in [0, 0.05) is 10.0 Å². The molecule has 0 radical (unpaired) electrons. The monoisotopic (exact) mass is 565 g/mol. The van der Waals surface area contributed by atoms with E-state index < -0.39 is 0 Å². The standard InChI is InChI=1S/C28H24BrNO3S2/c1-4-7-21-14-20(15-24(32-3)26(21)33-17-19-10-12-22(29)13-11-19)16-25-27(31)30(28(34)35-25)23-9-6-5-8-18(23)2/h4-6,8-16H,1,7,17H2,2-3H3/b25-16-. The largest absolute Gasteiger partial charge is 0.493 e. The highest BCUT2D eigenvalue weighted by Crippen LogP contribution is 2.39. The average molecular weight is 567 g/mol. The number of benzene rings is 3. The fourth-order valence-electron chi connectivity index (χ4n) is 3.77. The zero-order valence-corrected chi connectivity index (χ0v) is 22.6. The Hall–Kier alpha value is -2.87. The summed E-state index contributed by atoms with van der Waals surface area (Å²) < 4.78 is 13.4. The number of amides is 1. The lowest BCUT2D eigenvalue weighted by Gasteiger charge is -2.17. The quantitative estimate of drug-likeness (QED) is 0.161. The number of allylic oxidation sites excluding steroid dienone is 1. The second kappa shape index (κ2) is 11.2. The van der Waals surface area contributed by atoms with Gasteiger partial charge in [0.25, 0.3) is 5.91 Å². The van der Waals surface area contributed by atoms with Crippen molar-refractivity contribution in [2.24, 2.45) is 0 Å². The molecule has 3 aromatic carbocycles. The predicted molar refractivity (Wildman–Crippen MR) is 152 cm³/mol. The number of para-hydroxylation sites is 1. The number of carbonyl (C=O) groups is 1. The van der Waals surface area contributed by atoms with Gasteiger partial charge in [-0.2, -0.15) is 0 Å². The zero-order valence-electron chi connectivity index (χ0n) is 19.4. The summed E-state index contributed by atoms with van der Waals surface area (Å²) in [5, 5.41) is 0. The van der Waals surface area contributed by atoms with E-state index in [0.717, 1.165) is 32.4 Å². The summed E-state index contributed by atoms with van der Waals surface area (Å²) >= 11 is 10.3. The molecule has 1 aliphatic heterocycles. The minimum Gasteiger partial charge on any atom is -0.493 e. The van der Waals surface area contributed by atoms with Crippen LogP contribution in [0.15, 0.2) is 82.7 Å². The molecule has 35 heavy (non-hydrogen) atoms. The van der Waals surface area contributed by atoms with Crippen molar-refractivity contribution in [1.82, 2.24) is 0 Å². The second-order valence-corrected chi connectivity index (χ2v) is 10.5. The summed E-state index contributed by atoms with van der Waals surface area (Å²) in [5.74, 6) is 1.14. The first kappa shape index (κ1) is 25.2. The molecular formula is C28H24BrNO3S2. The van der Waals surface area contributed by atoms with Gasteiger partial charge < -0.3 is 9.47 Å². The predicted octanol–water partition coefficient (Wildman–Crippen LogP) is 7.48. The number of hydrogen-bond acceptors (Lipinski definition) is 5. The fraction of sp³-hybridized carbons (Fsp3) is 0.143. The third-order valence-electron chi connectivity index (χ3n) is 5.48. The van der Waals surface area contributed by atoms with Gasteiger partial charge in [0.15, 0.2) is 15.8 Å². The maximum absolute atomic E-state index is 13.3. The van der Waals surface area contributed by atoms with Crippen molar-refractivity contribution in [2.45, 2.75) is 20.0 Å². The molecule has 0 saturated carbocycles. The Morgan fingerprint density at radius 1 is 1.14 bits per heavy atom. The zero-order chi connectivity index (χ0) is 24.9. The van der Waals surface area contributed by atoms with Crippen molar-refractivity contribution in [3.05, 3.63) is 105 Å². The number of ether oxygens (including phenoxy) is 2. The van der Waals surface area contributed by atoms with Gasteiger partial charge in [0.2, 0.25) is 0 Å². The van der Waals surface area contributed by atoms with E-state index in [-0.39, 0.29) is 5.91 Å². The van der Waals surface area contributed by atoms with Crippen molar-refractivity contribution < 1.29 is 14.3 Å². The summed E-state index contributed by atoms with van der Waals surface area (Å²) in [6.45, 7) is 6.26. The molecular weight excluding hydrogens is 542 g/mol. The van der Waals surface area contributed by atoms with Crippen LogP contribution < -0.4 is 14.4 Å². The normalized spacial score (nSPS) is 14.5. The van der Waals surface area contributed by atoms with E-state index in [0.29, 0.717) is 33.8 Å². The number of nitrogens with zero attached hydrogens (tertiary/aromatic N) is 1. The number of thioether (sulfide) groups is 1. The van der Waals surface area contributed by atoms with Crippen LogP contribution >= 0.6 is 39.9 Å². The molecule has 0 aliphatic carbocycles. The van der Waals surface area contributed by atoms with Crippen LogP contribution in [-0.4, -0.2) is 17.3 Å². The van der Waals surface area contributed by atoms with Gasteiger partial charge in [-0.15, -0.1) is 6.58 Å². The molecule has 0 N–H and O–H groups in total. The summed E-state index contributed by atoms with van der Waals surface area (Å²) in [6.07, 6.45) is 4.27. The highest BCUT2D eigenvalue weighted by atomic mass is 79.9. The Balaban J connectivity index is 1.65. The van der Waals surface area contributed by atoms with Crippen molar-refractivity contribution in [2.75, 3.05) is 12.0 Å². The molecule has 4 nitrogen and oxygen atoms in total. The molecule has 4 rings (SSSR count). The van der Waals surface area contributed by atoms with Crippen LogP contribution in [0.5, 0.6) is 11.5 Å². The first-order valence-electron chi connectivity index (χ1n) is 10.9. The SMILES string of the molecule is C=CCc1cc(/C=C2\SC(=S)N(c3ccccc3C)C2=O)cc(OC)c1OCc1ccc(Br)cc1. The number of rotatable bonds is 8. The van der Waals surface area contributed by atoms with E-state index in [1.54, 1.807) is 12.0 Å². The molecule has 3 aromatic rings. The molecule has 0 aromatic heterocycles. The minimum atomic E-state index is -0.130. The van der Waals surface area contributed by atoms with Crippen molar-refractivity contribution in [1.29, 1.82) is 0 Å². The highest BCUT2D eigenvalue weighted by Gasteiger charge is 2.34. The Morgan fingerprint density at radius 2 is 1.89 bits per heavy atom. The van der Waals surface area contributed by atoms with Gasteiger partial charge in [0.1, 0.15) is 6.61 Å². The number of anilines is 1. The van der Waals surface area contributed by atoms with Gasteiger partial charge in [-0.05, 0) is 66.4 Å². The maximum atomic E-state index is 13.3. The molecule has 0 unspecified atom stereocenters. The topological polar surface area (TPSA) is 38.8 Å². The molecule has 1 saturated heterocycles. The van der Waals surface area contributed by atoms with Crippen LogP contribution in [0, 0.1) is 6.92 Å². The van der Waals surface area contributed by atoms with E-state index in [9.17, 15) is 4.79 Å². The van der Waals surface area contributed by atoms with Crippen molar-refractivity contribution in [3.8, 4) is 11.5 Å². The maximum Gasteiger partial charge on any atom is 0.270 e. The minimum absolute atomic E-state index is 0.130. The Morgan fingerprint density at radius 3 is 2.57 bits per heavy atom. The van der Waals surface area contributed by atoms with Crippen LogP contribution in [0.2, 0.25) is 0 Å². The number of methoxy groups -OCH3 is 1. The van der Waals surface area contributed by atoms with Gasteiger partial charge in [0.05, 0.1) is 17.7 Å². The fourth-order valence-corrected chi connectivity index (χ4v) is 5.32. The van der Waals surface area contributed by atoms with Gasteiger partial charge in [-0.1, -0.05) is 76.3 Å². The van der Waals surface area contributed by atoms with Crippen LogP contribution in [0.1, 0.15) is 22.3 Å². The van der Waals surface area contributed by atoms with Crippen LogP contribution in [0.25, 0.3) is 6.08 Å². The average Bonchev–Trinajstić information content (AvgIpc) is 3.12. The lowest BCUT2D eigenvalue weighted by atomic mass is 10.0. The second-order valence-electron chi connectivity index (χ2n) is 7.92. The lowest BCUT2D eigenvalue weighted by Crippen LogP contribution is -2.28. The Bertz CT molecular complexity index is 1320. The van der Waals surface area contributed by atoms with Gasteiger partial charge in [-0.25, -0.2) is 0 Å². The molecule has 1 heterocycles. The lowest BCUT2D eigenvalue weighted by molar-refractivity contribution is -0.113. The Kier molecular flexibility index (Phi) is 8.11. The van der Waals surface area contributed by atoms with Gasteiger partial charge >= 0.3 is 0 Å². The molecule has 1 amide bonds. The highest BCUT2D eigenvalue weighted by molar-refractivity contribution is 9.10. The smallest absolute Gasteiger partial charge is 0.270 e. The third kappa shape index (κ3) is 5.69. The molecule has 1 aliphatic rings. The van der Waals surface area contributed by atoms with Gasteiger partial charge in [-0.3, -0.25) is 9.69 Å². The molecule has 7 heteroatoms. The number of hydrogen-bond donors (Lipinski definition) is 0. The number of halogens is 1. The Labute approximate surface area is 223 Å². The number of thiocarbonyl (C=S) groups is 1. The first-order chi connectivity index (χ1) is 16.9. The summed E-state index contributed by atoms with van der Waals surface area (Å²) in [5.41, 5.74) is 4.60. The number of aryl methyl sites for hydroxylation is 1. The van der Waals surface area contributed by atoms with E-state index in [2.05, 4.69) is 22.5 Å². The van der Waals surface area contributed by atoms with Crippen LogP contribution in [-0.2, 0) is 17.8 Å². The third-order valence-corrected chi connectivity index (χ3v) is 7.31. The van der Waals surface area contributed by atoms with E-state index in [1.165, 1.54) is 11.8 Å². The van der Waals surface area contributed by atoms with Crippen LogP contribution in [0.3, 0.4) is 0 Å². The van der Waals surface area contributed by atoms with Crippen molar-refractivity contribution >= 4 is 61.9 Å². The first-order valence-corrected chi connectivity index (χ1v) is 13.0. The molecule has 0 spiro atoms. The van der Waals surface area contributed by atoms with E-state index in [1.807, 2.05) is 79.7 Å². The van der Waals surface area contributed by atoms with Crippen molar-refractivity contribution in [3.63, 3.8) is 0 Å². The molecule has 1 fully saturated rings. The summed E-state index contributed by atoms with van der Waals surface area (Å²) in [7, 11) is 1.61. The van der Waals surface area contributed by atoms with E-state index >= 15 is 0 Å². The summed E-state index contributed by atoms with van der Waals surface area (Å²) in [6, 6.07) is 19.6. The van der Waals surface area contributed by atoms with Crippen LogP contribution in [0.4, 0.5) is 5.69 Å². The molecule has 0 atom stereocenters. The number of carbonyl (C=O) groups excluding carboxylic acids is 1.